The van der Waals surface area contributed by atoms with Crippen LogP contribution in [-0.2, 0) is 11.3 Å². The lowest BCUT2D eigenvalue weighted by Gasteiger charge is -2.33. The summed E-state index contributed by atoms with van der Waals surface area (Å²) in [6.45, 7) is 8.38. The van der Waals surface area contributed by atoms with Crippen LogP contribution in [0.1, 0.15) is 35.8 Å². The summed E-state index contributed by atoms with van der Waals surface area (Å²) < 4.78 is 7.80. The lowest BCUT2D eigenvalue weighted by Crippen LogP contribution is -3.27. The minimum atomic E-state index is 0.181. The predicted molar refractivity (Wildman–Crippen MR) is 97.1 cm³/mol. The number of nitrogens with zero attached hydrogens (tertiary/aromatic N) is 4. The molecule has 0 radical (unpaired) electrons. The molecule has 2 saturated heterocycles. The Morgan fingerprint density at radius 1 is 1.19 bits per heavy atom. The Morgan fingerprint density at radius 2 is 1.96 bits per heavy atom. The fourth-order valence-corrected chi connectivity index (χ4v) is 4.14. The van der Waals surface area contributed by atoms with E-state index in [0.717, 1.165) is 44.9 Å². The molecular weight excluding hydrogens is 328 g/mol. The SMILES string of the molecule is Cc1ccc([C@H](c2nnnn2C[C@@H]2CCCO2)[NH+]2CC[NH+](C)CC2)cc1. The smallest absolute Gasteiger partial charge is 0.214 e. The van der Waals surface area contributed by atoms with E-state index in [1.807, 2.05) is 4.68 Å². The fraction of sp³-hybridized carbons (Fsp3) is 0.632. The van der Waals surface area contributed by atoms with Gasteiger partial charge in [0.2, 0.25) is 5.82 Å². The second-order valence-electron chi connectivity index (χ2n) is 7.81. The van der Waals surface area contributed by atoms with E-state index in [4.69, 9.17) is 4.74 Å². The summed E-state index contributed by atoms with van der Waals surface area (Å²) in [5.74, 6) is 0.971. The van der Waals surface area contributed by atoms with Crippen LogP contribution in [0, 0.1) is 6.92 Å². The van der Waals surface area contributed by atoms with Crippen LogP contribution in [0.4, 0.5) is 0 Å². The molecule has 0 unspecified atom stereocenters. The zero-order chi connectivity index (χ0) is 17.9. The van der Waals surface area contributed by atoms with E-state index in [9.17, 15) is 0 Å². The van der Waals surface area contributed by atoms with E-state index in [-0.39, 0.29) is 12.1 Å². The Hall–Kier alpha value is -1.83. The van der Waals surface area contributed by atoms with Gasteiger partial charge in [-0.05, 0) is 30.2 Å². The molecule has 140 valence electrons. The van der Waals surface area contributed by atoms with Gasteiger partial charge in [-0.2, -0.15) is 0 Å². The minimum absolute atomic E-state index is 0.181. The van der Waals surface area contributed by atoms with Gasteiger partial charge < -0.3 is 14.5 Å². The van der Waals surface area contributed by atoms with Gasteiger partial charge in [-0.3, -0.25) is 0 Å². The summed E-state index contributed by atoms with van der Waals surface area (Å²) >= 11 is 0. The quantitative estimate of drug-likeness (QED) is 0.695. The Morgan fingerprint density at radius 3 is 2.65 bits per heavy atom. The van der Waals surface area contributed by atoms with Gasteiger partial charge in [-0.1, -0.05) is 29.8 Å². The van der Waals surface area contributed by atoms with Crippen LogP contribution in [0.25, 0.3) is 0 Å². The summed E-state index contributed by atoms with van der Waals surface area (Å²) in [6.07, 6.45) is 2.47. The van der Waals surface area contributed by atoms with Crippen molar-refractivity contribution in [1.29, 1.82) is 0 Å². The highest BCUT2D eigenvalue weighted by atomic mass is 16.5. The summed E-state index contributed by atoms with van der Waals surface area (Å²) in [7, 11) is 2.28. The van der Waals surface area contributed by atoms with Gasteiger partial charge in [-0.15, -0.1) is 5.10 Å². The Labute approximate surface area is 154 Å². The standard InChI is InChI=1S/C19H28N6O/c1-15-5-7-16(8-6-15)18(24-11-9-23(2)10-12-24)19-20-21-22-25(19)14-17-4-3-13-26-17/h5-8,17-18H,3-4,9-14H2,1-2H3/p+2/t17-,18+/m0/s1. The van der Waals surface area contributed by atoms with Gasteiger partial charge in [0, 0.05) is 12.2 Å². The first-order valence-corrected chi connectivity index (χ1v) is 9.81. The molecule has 2 atom stereocenters. The number of aromatic nitrogens is 4. The molecule has 0 amide bonds. The third kappa shape index (κ3) is 3.79. The highest BCUT2D eigenvalue weighted by Crippen LogP contribution is 2.20. The average molecular weight is 358 g/mol. The maximum absolute atomic E-state index is 5.82. The molecule has 7 nitrogen and oxygen atoms in total. The predicted octanol–water partition coefficient (Wildman–Crippen LogP) is -1.34. The van der Waals surface area contributed by atoms with Crippen molar-refractivity contribution < 1.29 is 14.5 Å². The number of piperazine rings is 1. The minimum Gasteiger partial charge on any atom is -0.376 e. The molecule has 2 fully saturated rings. The number of benzene rings is 1. The molecule has 0 spiro atoms. The zero-order valence-corrected chi connectivity index (χ0v) is 15.8. The molecule has 1 aromatic carbocycles. The lowest BCUT2D eigenvalue weighted by atomic mass is 10.0. The van der Waals surface area contributed by atoms with Crippen molar-refractivity contribution in [3.63, 3.8) is 0 Å². The number of ether oxygens (including phenoxy) is 1. The largest absolute Gasteiger partial charge is 0.376 e. The molecule has 0 saturated carbocycles. The van der Waals surface area contributed by atoms with E-state index in [1.165, 1.54) is 24.2 Å². The third-order valence-corrected chi connectivity index (χ3v) is 5.78. The van der Waals surface area contributed by atoms with E-state index >= 15 is 0 Å². The van der Waals surface area contributed by atoms with E-state index in [2.05, 4.69) is 53.8 Å². The molecule has 4 rings (SSSR count). The van der Waals surface area contributed by atoms with Gasteiger partial charge in [-0.25, -0.2) is 4.68 Å². The molecule has 2 N–H and O–H groups in total. The highest BCUT2D eigenvalue weighted by Gasteiger charge is 2.35. The molecule has 0 aliphatic carbocycles. The summed E-state index contributed by atoms with van der Waals surface area (Å²) in [4.78, 5) is 3.16. The molecule has 2 aromatic rings. The molecule has 7 heteroatoms. The molecule has 2 aliphatic heterocycles. The maximum atomic E-state index is 5.82. The first-order valence-electron chi connectivity index (χ1n) is 9.81. The van der Waals surface area contributed by atoms with Crippen LogP contribution in [0.5, 0.6) is 0 Å². The average Bonchev–Trinajstić information content (AvgIpc) is 3.32. The Balaban J connectivity index is 1.64. The van der Waals surface area contributed by atoms with Crippen molar-refractivity contribution in [2.75, 3.05) is 39.8 Å². The van der Waals surface area contributed by atoms with Crippen molar-refractivity contribution in [3.05, 3.63) is 41.2 Å². The van der Waals surface area contributed by atoms with Gasteiger partial charge in [0.05, 0.1) is 19.7 Å². The van der Waals surface area contributed by atoms with E-state index in [1.54, 1.807) is 9.80 Å². The lowest BCUT2D eigenvalue weighted by molar-refractivity contribution is -1.02. The van der Waals surface area contributed by atoms with Gasteiger partial charge in [0.25, 0.3) is 0 Å². The second kappa shape index (κ2) is 7.82. The van der Waals surface area contributed by atoms with Crippen LogP contribution < -0.4 is 9.80 Å². The van der Waals surface area contributed by atoms with Gasteiger partial charge in [0.15, 0.2) is 6.04 Å². The topological polar surface area (TPSA) is 61.7 Å². The molecule has 0 bridgehead atoms. The number of tetrazole rings is 1. The van der Waals surface area contributed by atoms with E-state index in [0.29, 0.717) is 0 Å². The number of likely N-dealkylation sites (N-methyl/N-ethyl adjacent to an activating group) is 1. The Bertz CT molecular complexity index is 701. The van der Waals surface area contributed by atoms with Crippen LogP contribution in [0.15, 0.2) is 24.3 Å². The second-order valence-corrected chi connectivity index (χ2v) is 7.81. The number of quaternary nitrogens is 2. The van der Waals surface area contributed by atoms with E-state index < -0.39 is 0 Å². The normalized spacial score (nSPS) is 27.5. The molecule has 3 heterocycles. The van der Waals surface area contributed by atoms with Crippen molar-refractivity contribution in [2.24, 2.45) is 0 Å². The van der Waals surface area contributed by atoms with Crippen molar-refractivity contribution >= 4 is 0 Å². The number of hydrogen-bond acceptors (Lipinski definition) is 4. The van der Waals surface area contributed by atoms with Crippen LogP contribution >= 0.6 is 0 Å². The summed E-state index contributed by atoms with van der Waals surface area (Å²) in [6, 6.07) is 9.04. The van der Waals surface area contributed by atoms with Gasteiger partial charge >= 0.3 is 0 Å². The monoisotopic (exact) mass is 358 g/mol. The van der Waals surface area contributed by atoms with Gasteiger partial charge in [0.1, 0.15) is 26.2 Å². The highest BCUT2D eigenvalue weighted by molar-refractivity contribution is 5.26. The maximum Gasteiger partial charge on any atom is 0.214 e. The summed E-state index contributed by atoms with van der Waals surface area (Å²) in [5, 5.41) is 12.8. The number of hydrogen-bond donors (Lipinski definition) is 2. The van der Waals surface area contributed by atoms with Crippen molar-refractivity contribution in [2.45, 2.75) is 38.5 Å². The van der Waals surface area contributed by atoms with Crippen LogP contribution in [0.2, 0.25) is 0 Å². The number of rotatable bonds is 5. The zero-order valence-electron chi connectivity index (χ0n) is 15.8. The molecule has 26 heavy (non-hydrogen) atoms. The third-order valence-electron chi connectivity index (χ3n) is 5.78. The molecular formula is C19H30N6O+2. The first kappa shape index (κ1) is 17.6. The fourth-order valence-electron chi connectivity index (χ4n) is 4.14. The number of nitrogens with one attached hydrogen (secondary N) is 2. The summed E-state index contributed by atoms with van der Waals surface area (Å²) in [5.41, 5.74) is 2.58. The Kier molecular flexibility index (Phi) is 5.28. The number of aryl methyl sites for hydroxylation is 1. The molecule has 2 aliphatic rings. The van der Waals surface area contributed by atoms with Crippen LogP contribution in [0.3, 0.4) is 0 Å². The van der Waals surface area contributed by atoms with Crippen molar-refractivity contribution in [1.82, 2.24) is 20.2 Å². The van der Waals surface area contributed by atoms with Crippen LogP contribution in [-0.4, -0.2) is 66.1 Å². The molecule has 1 aromatic heterocycles. The van der Waals surface area contributed by atoms with Crippen molar-refractivity contribution in [3.8, 4) is 0 Å². The first-order chi connectivity index (χ1) is 12.7.